The van der Waals surface area contributed by atoms with Gasteiger partial charge in [-0.3, -0.25) is 4.79 Å². The van der Waals surface area contributed by atoms with Crippen LogP contribution < -0.4 is 61.8 Å². The molecule has 1 unspecified atom stereocenters. The number of hydrogen-bond acceptors (Lipinski definition) is 4. The average molecular weight is 324 g/mol. The number of ketones is 1. The van der Waals surface area contributed by atoms with E-state index in [0.29, 0.717) is 6.42 Å². The molecule has 0 aliphatic heterocycles. The van der Waals surface area contributed by atoms with E-state index in [1.54, 1.807) is 0 Å². The van der Waals surface area contributed by atoms with E-state index in [-0.39, 0.29) is 63.7 Å². The first-order chi connectivity index (χ1) is 9.57. The smallest absolute Gasteiger partial charge is 0.548 e. The first kappa shape index (κ1) is 24.0. The van der Waals surface area contributed by atoms with Crippen molar-refractivity contribution in [2.24, 2.45) is 0 Å². The van der Waals surface area contributed by atoms with Gasteiger partial charge in [-0.05, 0) is 13.3 Å². The Morgan fingerprint density at radius 2 is 1.43 bits per heavy atom. The van der Waals surface area contributed by atoms with Crippen LogP contribution in [0.25, 0.3) is 0 Å². The van der Waals surface area contributed by atoms with E-state index in [2.05, 4.69) is 12.2 Å². The van der Waals surface area contributed by atoms with Crippen LogP contribution in [0.3, 0.4) is 0 Å². The molecule has 0 aromatic heterocycles. The Hall–Kier alpha value is 0.736. The minimum absolute atomic E-state index is 0. The molecule has 0 spiro atoms. The zero-order valence-corrected chi connectivity index (χ0v) is 17.2. The maximum atomic E-state index is 11.5. The van der Waals surface area contributed by atoms with Crippen LogP contribution in [0, 0.1) is 0 Å². The third-order valence-corrected chi connectivity index (χ3v) is 3.52. The molecule has 0 saturated carbocycles. The second kappa shape index (κ2) is 17.1. The van der Waals surface area contributed by atoms with Crippen molar-refractivity contribution >= 4 is 11.8 Å². The zero-order valence-electron chi connectivity index (χ0n) is 14.1. The van der Waals surface area contributed by atoms with Crippen LogP contribution in [0.5, 0.6) is 0 Å². The predicted octanol–water partition coefficient (Wildman–Crippen LogP) is -0.792. The van der Waals surface area contributed by atoms with Crippen molar-refractivity contribution in [1.29, 1.82) is 0 Å². The van der Waals surface area contributed by atoms with E-state index in [9.17, 15) is 14.7 Å². The molecule has 0 aromatic rings. The van der Waals surface area contributed by atoms with E-state index in [1.807, 2.05) is 0 Å². The van der Waals surface area contributed by atoms with Crippen molar-refractivity contribution in [2.75, 3.05) is 6.54 Å². The van der Waals surface area contributed by atoms with Gasteiger partial charge in [0, 0.05) is 12.5 Å². The van der Waals surface area contributed by atoms with E-state index in [4.69, 9.17) is 0 Å². The Morgan fingerprint density at radius 3 is 1.90 bits per heavy atom. The molecule has 0 radical (unpaired) electrons. The molecule has 1 atom stereocenters. The summed E-state index contributed by atoms with van der Waals surface area (Å²) < 4.78 is 0. The van der Waals surface area contributed by atoms with Gasteiger partial charge in [-0.25, -0.2) is 0 Å². The van der Waals surface area contributed by atoms with Gasteiger partial charge in [0.15, 0.2) is 0 Å². The summed E-state index contributed by atoms with van der Waals surface area (Å²) >= 11 is 0. The number of carboxylic acid groups (broad SMARTS) is 1. The van der Waals surface area contributed by atoms with Crippen molar-refractivity contribution in [1.82, 2.24) is 5.32 Å². The molecule has 0 aliphatic carbocycles. The molecule has 0 saturated heterocycles. The van der Waals surface area contributed by atoms with Crippen LogP contribution >= 0.6 is 0 Å². The number of hydrogen-bond donors (Lipinski definition) is 1. The fourth-order valence-corrected chi connectivity index (χ4v) is 2.07. The normalized spacial score (nSPS) is 11.7. The molecule has 0 aliphatic rings. The van der Waals surface area contributed by atoms with Crippen molar-refractivity contribution < 1.29 is 66.1 Å². The van der Waals surface area contributed by atoms with Crippen LogP contribution in [0.4, 0.5) is 0 Å². The largest absolute Gasteiger partial charge is 1.00 e. The van der Waals surface area contributed by atoms with Crippen LogP contribution in [0.15, 0.2) is 0 Å². The fourth-order valence-electron chi connectivity index (χ4n) is 2.07. The third-order valence-electron chi connectivity index (χ3n) is 3.52. The summed E-state index contributed by atoms with van der Waals surface area (Å²) in [5.74, 6) is -1.08. The molecular weight excluding hydrogens is 293 g/mol. The number of carboxylic acids is 1. The minimum Gasteiger partial charge on any atom is -0.548 e. The number of carbonyl (C=O) groups is 2. The number of unbranched alkanes of at least 4 members (excludes halogenated alkanes) is 8. The Morgan fingerprint density at radius 1 is 0.952 bits per heavy atom. The van der Waals surface area contributed by atoms with Crippen molar-refractivity contribution in [3.8, 4) is 0 Å². The summed E-state index contributed by atoms with van der Waals surface area (Å²) in [6, 6.07) is -0.762. The average Bonchev–Trinajstić information content (AvgIpc) is 2.42. The van der Waals surface area contributed by atoms with E-state index >= 15 is 0 Å². The van der Waals surface area contributed by atoms with Crippen LogP contribution in [-0.2, 0) is 9.59 Å². The molecule has 21 heavy (non-hydrogen) atoms. The van der Waals surface area contributed by atoms with E-state index < -0.39 is 12.0 Å². The maximum absolute atomic E-state index is 11.5. The van der Waals surface area contributed by atoms with Gasteiger partial charge in [0.25, 0.3) is 0 Å². The zero-order chi connectivity index (χ0) is 15.2. The second-order valence-electron chi connectivity index (χ2n) is 5.54. The van der Waals surface area contributed by atoms with Gasteiger partial charge in [-0.1, -0.05) is 58.3 Å². The summed E-state index contributed by atoms with van der Waals surface area (Å²) in [5, 5.41) is 13.1. The topological polar surface area (TPSA) is 69.2 Å². The quantitative estimate of drug-likeness (QED) is 0.336. The van der Waals surface area contributed by atoms with Crippen LogP contribution in [0.1, 0.15) is 78.1 Å². The van der Waals surface area contributed by atoms with Crippen LogP contribution in [-0.4, -0.2) is 24.3 Å². The number of aliphatic carboxylic acids is 1. The maximum Gasteiger partial charge on any atom is 1.00 e. The van der Waals surface area contributed by atoms with E-state index in [1.165, 1.54) is 51.9 Å². The fraction of sp³-hybridized carbons (Fsp3) is 0.875. The van der Waals surface area contributed by atoms with Gasteiger partial charge in [-0.15, -0.1) is 0 Å². The van der Waals surface area contributed by atoms with Crippen molar-refractivity contribution in [2.45, 2.75) is 84.1 Å². The molecule has 0 fully saturated rings. The molecule has 0 aromatic carbocycles. The molecule has 0 rings (SSSR count). The van der Waals surface area contributed by atoms with Gasteiger partial charge >= 0.3 is 51.4 Å². The number of rotatable bonds is 14. The van der Waals surface area contributed by atoms with Gasteiger partial charge in [0.1, 0.15) is 5.78 Å². The monoisotopic (exact) mass is 323 g/mol. The number of Topliss-reactive ketones (excluding diaryl/α,β-unsaturated/α-hetero) is 1. The molecule has 0 heterocycles. The number of carbonyl (C=O) groups excluding carboxylic acids is 2. The van der Waals surface area contributed by atoms with Gasteiger partial charge in [-0.2, -0.15) is 0 Å². The van der Waals surface area contributed by atoms with Gasteiger partial charge in [0.05, 0.1) is 12.5 Å². The summed E-state index contributed by atoms with van der Waals surface area (Å²) in [6.07, 6.45) is 11.6. The first-order valence-electron chi connectivity index (χ1n) is 8.03. The van der Waals surface area contributed by atoms with Gasteiger partial charge < -0.3 is 15.2 Å². The molecule has 0 amide bonds. The number of nitrogens with one attached hydrogen (secondary N) is 1. The summed E-state index contributed by atoms with van der Waals surface area (Å²) in [7, 11) is 0. The molecule has 4 nitrogen and oxygen atoms in total. The Bertz CT molecular complexity index is 272. The summed E-state index contributed by atoms with van der Waals surface area (Å²) in [6.45, 7) is 3.84. The third kappa shape index (κ3) is 16.9. The van der Waals surface area contributed by atoms with Crippen LogP contribution in [0.2, 0.25) is 0 Å². The summed E-state index contributed by atoms with van der Waals surface area (Å²) in [5.41, 5.74) is 0. The van der Waals surface area contributed by atoms with Crippen molar-refractivity contribution in [3.05, 3.63) is 0 Å². The van der Waals surface area contributed by atoms with E-state index in [0.717, 1.165) is 12.8 Å². The Balaban J connectivity index is 0. The molecule has 118 valence electrons. The van der Waals surface area contributed by atoms with Gasteiger partial charge in [0.2, 0.25) is 0 Å². The summed E-state index contributed by atoms with van der Waals surface area (Å²) in [4.78, 5) is 22.0. The predicted molar refractivity (Wildman–Crippen MR) is 79.3 cm³/mol. The molecular formula is C16H30KNO3. The standard InChI is InChI=1S/C16H31NO3.K/c1-3-4-5-6-7-8-9-10-11-12-15(18)13-17-14(2)16(19)20;/h14,17H,3-13H2,1-2H3,(H,19,20);/q;+1/p-1. The first-order valence-corrected chi connectivity index (χ1v) is 8.03. The Labute approximate surface area is 172 Å². The SMILES string of the molecule is CCCCCCCCCCCC(=O)CNC(C)C(=O)[O-].[K+]. The molecule has 5 heteroatoms. The molecule has 0 bridgehead atoms. The minimum atomic E-state index is -1.17. The van der Waals surface area contributed by atoms with Crippen molar-refractivity contribution in [3.63, 3.8) is 0 Å². The second-order valence-corrected chi connectivity index (χ2v) is 5.54. The molecule has 1 N–H and O–H groups in total. The Kier molecular flexibility index (Phi) is 19.5.